The Balaban J connectivity index is 2.25. The monoisotopic (exact) mass is 271 g/mol. The minimum atomic E-state index is 0.0134. The Kier molecular flexibility index (Phi) is 4.36. The van der Waals surface area contributed by atoms with Gasteiger partial charge in [-0.3, -0.25) is 9.78 Å². The molecule has 1 heterocycles. The molecule has 0 unspecified atom stereocenters. The van der Waals surface area contributed by atoms with Crippen molar-refractivity contribution in [1.29, 1.82) is 0 Å². The van der Waals surface area contributed by atoms with E-state index in [1.165, 1.54) is 7.11 Å². The highest BCUT2D eigenvalue weighted by Gasteiger charge is 2.13. The fourth-order valence-electron chi connectivity index (χ4n) is 1.75. The van der Waals surface area contributed by atoms with Gasteiger partial charge in [0, 0.05) is 11.8 Å². The van der Waals surface area contributed by atoms with Crippen molar-refractivity contribution in [2.75, 3.05) is 7.11 Å². The van der Waals surface area contributed by atoms with Crippen LogP contribution in [0.5, 0.6) is 0 Å². The number of carbonyl (C=O) groups excluding carboxylic acids is 1. The summed E-state index contributed by atoms with van der Waals surface area (Å²) < 4.78 is 5.04. The van der Waals surface area contributed by atoms with Crippen LogP contribution in [0.4, 0.5) is 0 Å². The second-order valence-electron chi connectivity index (χ2n) is 3.96. The molecule has 0 amide bonds. The minimum Gasteiger partial charge on any atom is -0.486 e. The number of ketones is 1. The predicted molar refractivity (Wildman–Crippen MR) is 77.4 cm³/mol. The quantitative estimate of drug-likeness (QED) is 0.633. The third-order valence-corrected chi connectivity index (χ3v) is 3.11. The lowest BCUT2D eigenvalue weighted by molar-refractivity contribution is 0.0992. The van der Waals surface area contributed by atoms with Crippen LogP contribution < -0.4 is 0 Å². The smallest absolute Gasteiger partial charge is 0.192 e. The van der Waals surface area contributed by atoms with Gasteiger partial charge in [0.2, 0.25) is 0 Å². The number of thiocarbonyl (C=S) groups is 1. The second-order valence-corrected chi connectivity index (χ2v) is 4.33. The van der Waals surface area contributed by atoms with E-state index in [9.17, 15) is 4.79 Å². The maximum absolute atomic E-state index is 12.2. The number of rotatable bonds is 4. The van der Waals surface area contributed by atoms with Gasteiger partial charge in [-0.15, -0.1) is 0 Å². The van der Waals surface area contributed by atoms with Crippen LogP contribution in [-0.2, 0) is 11.2 Å². The van der Waals surface area contributed by atoms with Gasteiger partial charge in [0.15, 0.2) is 10.8 Å². The Bertz CT molecular complexity index is 596. The van der Waals surface area contributed by atoms with E-state index < -0.39 is 0 Å². The lowest BCUT2D eigenvalue weighted by Gasteiger charge is -2.08. The van der Waals surface area contributed by atoms with Crippen LogP contribution in [0.1, 0.15) is 21.6 Å². The number of ether oxygens (including phenoxy) is 1. The number of aromatic nitrogens is 1. The van der Waals surface area contributed by atoms with Gasteiger partial charge >= 0.3 is 0 Å². The highest BCUT2D eigenvalue weighted by atomic mass is 32.1. The average Bonchev–Trinajstić information content (AvgIpc) is 2.48. The highest BCUT2D eigenvalue weighted by Crippen LogP contribution is 2.12. The molecule has 0 saturated carbocycles. The van der Waals surface area contributed by atoms with Gasteiger partial charge in [-0.25, -0.2) is 0 Å². The maximum atomic E-state index is 12.2. The molecule has 0 fully saturated rings. The molecular weight excluding hydrogens is 258 g/mol. The molecule has 0 aliphatic carbocycles. The molecule has 0 saturated heterocycles. The molecule has 0 N–H and O–H groups in total. The van der Waals surface area contributed by atoms with Crippen molar-refractivity contribution < 1.29 is 9.53 Å². The summed E-state index contributed by atoms with van der Waals surface area (Å²) in [7, 11) is 1.51. The molecule has 0 atom stereocenters. The van der Waals surface area contributed by atoms with Crippen molar-refractivity contribution in [3.05, 3.63) is 65.5 Å². The third-order valence-electron chi connectivity index (χ3n) is 2.72. The van der Waals surface area contributed by atoms with E-state index in [0.29, 0.717) is 21.9 Å². The molecule has 19 heavy (non-hydrogen) atoms. The first-order valence-electron chi connectivity index (χ1n) is 5.83. The number of methoxy groups -OCH3 is 1. The molecule has 0 aliphatic heterocycles. The zero-order chi connectivity index (χ0) is 13.7. The maximum Gasteiger partial charge on any atom is 0.192 e. The molecule has 1 aromatic carbocycles. The SMILES string of the molecule is COC(=S)c1cccnc1CC(=O)c1ccccc1. The lowest BCUT2D eigenvalue weighted by atomic mass is 10.0. The van der Waals surface area contributed by atoms with E-state index in [-0.39, 0.29) is 12.2 Å². The third kappa shape index (κ3) is 3.23. The standard InChI is InChI=1S/C15H13NO2S/c1-18-15(19)12-8-5-9-16-13(12)10-14(17)11-6-3-2-4-7-11/h2-9H,10H2,1H3. The van der Waals surface area contributed by atoms with Crippen molar-refractivity contribution in [2.24, 2.45) is 0 Å². The Hall–Kier alpha value is -2.07. The van der Waals surface area contributed by atoms with Gasteiger partial charge in [-0.2, -0.15) is 0 Å². The van der Waals surface area contributed by atoms with Gasteiger partial charge in [0.05, 0.1) is 24.8 Å². The molecular formula is C15H13NO2S. The number of pyridine rings is 1. The van der Waals surface area contributed by atoms with Gasteiger partial charge < -0.3 is 4.74 Å². The number of nitrogens with zero attached hydrogens (tertiary/aromatic N) is 1. The van der Waals surface area contributed by atoms with Gasteiger partial charge in [-0.1, -0.05) is 30.3 Å². The zero-order valence-corrected chi connectivity index (χ0v) is 11.3. The molecule has 2 rings (SSSR count). The summed E-state index contributed by atoms with van der Waals surface area (Å²) >= 11 is 5.11. The van der Waals surface area contributed by atoms with E-state index in [0.717, 1.165) is 0 Å². The molecule has 96 valence electrons. The van der Waals surface area contributed by atoms with Crippen molar-refractivity contribution >= 4 is 23.1 Å². The number of hydrogen-bond donors (Lipinski definition) is 0. The van der Waals surface area contributed by atoms with Crippen molar-refractivity contribution in [2.45, 2.75) is 6.42 Å². The van der Waals surface area contributed by atoms with Crippen LogP contribution in [0.25, 0.3) is 0 Å². The average molecular weight is 271 g/mol. The molecule has 4 heteroatoms. The van der Waals surface area contributed by atoms with E-state index in [1.807, 2.05) is 24.3 Å². The van der Waals surface area contributed by atoms with Crippen molar-refractivity contribution in [3.8, 4) is 0 Å². The summed E-state index contributed by atoms with van der Waals surface area (Å²) in [5.41, 5.74) is 2.01. The fraction of sp³-hybridized carbons (Fsp3) is 0.133. The van der Waals surface area contributed by atoms with Gasteiger partial charge in [-0.05, 0) is 24.4 Å². The molecule has 0 spiro atoms. The minimum absolute atomic E-state index is 0.0134. The molecule has 3 nitrogen and oxygen atoms in total. The summed E-state index contributed by atoms with van der Waals surface area (Å²) in [5, 5.41) is 0.351. The second kappa shape index (κ2) is 6.20. The lowest BCUT2D eigenvalue weighted by Crippen LogP contribution is -2.11. The van der Waals surface area contributed by atoms with E-state index >= 15 is 0 Å². The van der Waals surface area contributed by atoms with E-state index in [1.54, 1.807) is 24.4 Å². The topological polar surface area (TPSA) is 39.2 Å². The first-order chi connectivity index (χ1) is 9.22. The molecule has 0 aliphatic rings. The normalized spacial score (nSPS) is 9.95. The van der Waals surface area contributed by atoms with Crippen molar-refractivity contribution in [3.63, 3.8) is 0 Å². The Morgan fingerprint density at radius 2 is 1.95 bits per heavy atom. The number of hydrogen-bond acceptors (Lipinski definition) is 4. The van der Waals surface area contributed by atoms with Gasteiger partial charge in [0.1, 0.15) is 0 Å². The van der Waals surface area contributed by atoms with E-state index in [4.69, 9.17) is 17.0 Å². The first-order valence-corrected chi connectivity index (χ1v) is 6.23. The van der Waals surface area contributed by atoms with Crippen LogP contribution in [0.15, 0.2) is 48.7 Å². The highest BCUT2D eigenvalue weighted by molar-refractivity contribution is 7.80. The number of carbonyl (C=O) groups is 1. The van der Waals surface area contributed by atoms with Crippen LogP contribution in [0, 0.1) is 0 Å². The summed E-state index contributed by atoms with van der Waals surface area (Å²) in [6.45, 7) is 0. The number of benzene rings is 1. The van der Waals surface area contributed by atoms with Crippen LogP contribution >= 0.6 is 12.2 Å². The van der Waals surface area contributed by atoms with Crippen LogP contribution in [0.3, 0.4) is 0 Å². The summed E-state index contributed by atoms with van der Waals surface area (Å²) in [6, 6.07) is 12.7. The summed E-state index contributed by atoms with van der Waals surface area (Å²) in [5.74, 6) is 0.0134. The summed E-state index contributed by atoms with van der Waals surface area (Å²) in [4.78, 5) is 16.4. The zero-order valence-electron chi connectivity index (χ0n) is 10.5. The summed E-state index contributed by atoms with van der Waals surface area (Å²) in [6.07, 6.45) is 1.86. The molecule has 0 radical (unpaired) electrons. The van der Waals surface area contributed by atoms with Crippen molar-refractivity contribution in [1.82, 2.24) is 4.98 Å². The fourth-order valence-corrected chi connectivity index (χ4v) is 1.94. The predicted octanol–water partition coefficient (Wildman–Crippen LogP) is 2.83. The first kappa shape index (κ1) is 13.4. The Labute approximate surface area is 117 Å². The van der Waals surface area contributed by atoms with Gasteiger partial charge in [0.25, 0.3) is 0 Å². The molecule has 1 aromatic heterocycles. The van der Waals surface area contributed by atoms with Crippen LogP contribution in [-0.4, -0.2) is 22.9 Å². The van der Waals surface area contributed by atoms with Crippen LogP contribution in [0.2, 0.25) is 0 Å². The number of Topliss-reactive ketones (excluding diaryl/α,β-unsaturated/α-hetero) is 1. The largest absolute Gasteiger partial charge is 0.486 e. The Morgan fingerprint density at radius 1 is 1.21 bits per heavy atom. The van der Waals surface area contributed by atoms with E-state index in [2.05, 4.69) is 4.98 Å². The molecule has 2 aromatic rings. The Morgan fingerprint density at radius 3 is 2.63 bits per heavy atom. The molecule has 0 bridgehead atoms.